The van der Waals surface area contributed by atoms with Crippen LogP contribution in [-0.4, -0.2) is 47.0 Å². The lowest BCUT2D eigenvalue weighted by Gasteiger charge is -2.26. The minimum atomic E-state index is -0.704. The molecule has 2 saturated heterocycles. The summed E-state index contributed by atoms with van der Waals surface area (Å²) in [5.74, 6) is -0.706. The van der Waals surface area contributed by atoms with Gasteiger partial charge in [0.15, 0.2) is 5.60 Å². The van der Waals surface area contributed by atoms with Crippen molar-refractivity contribution in [2.75, 3.05) is 19.6 Å². The van der Waals surface area contributed by atoms with Crippen LogP contribution in [0.1, 0.15) is 29.0 Å². The highest BCUT2D eigenvalue weighted by molar-refractivity contribution is 5.87. The largest absolute Gasteiger partial charge is 0.439 e. The van der Waals surface area contributed by atoms with Gasteiger partial charge in [0.25, 0.3) is 0 Å². The second-order valence-electron chi connectivity index (χ2n) is 8.80. The Balaban J connectivity index is 1.33. The van der Waals surface area contributed by atoms with E-state index < -0.39 is 17.6 Å². The molecular formula is C27H25FN2O3. The third-order valence-corrected chi connectivity index (χ3v) is 6.47. The van der Waals surface area contributed by atoms with Crippen molar-refractivity contribution in [3.05, 3.63) is 107 Å². The van der Waals surface area contributed by atoms with E-state index in [2.05, 4.69) is 0 Å². The van der Waals surface area contributed by atoms with Crippen LogP contribution in [0.4, 0.5) is 9.18 Å². The lowest BCUT2D eigenvalue weighted by atomic mass is 9.90. The Morgan fingerprint density at radius 1 is 0.909 bits per heavy atom. The minimum absolute atomic E-state index is 0.0114. The van der Waals surface area contributed by atoms with Crippen molar-refractivity contribution in [1.29, 1.82) is 0 Å². The highest BCUT2D eigenvalue weighted by Crippen LogP contribution is 2.36. The second-order valence-corrected chi connectivity index (χ2v) is 8.80. The van der Waals surface area contributed by atoms with Crippen LogP contribution in [0.2, 0.25) is 0 Å². The molecule has 0 saturated carbocycles. The van der Waals surface area contributed by atoms with Crippen molar-refractivity contribution in [3.63, 3.8) is 0 Å². The zero-order valence-corrected chi connectivity index (χ0v) is 18.2. The van der Waals surface area contributed by atoms with E-state index in [4.69, 9.17) is 4.74 Å². The zero-order valence-electron chi connectivity index (χ0n) is 18.2. The molecule has 0 aromatic heterocycles. The molecule has 2 aliphatic heterocycles. The smallest absolute Gasteiger partial charge is 0.410 e. The predicted octanol–water partition coefficient (Wildman–Crippen LogP) is 4.58. The Morgan fingerprint density at radius 2 is 1.52 bits per heavy atom. The third-order valence-electron chi connectivity index (χ3n) is 6.47. The highest BCUT2D eigenvalue weighted by atomic mass is 19.1. The number of hydrogen-bond donors (Lipinski definition) is 0. The molecule has 2 amide bonds. The van der Waals surface area contributed by atoms with Gasteiger partial charge in [-0.25, -0.2) is 9.18 Å². The molecule has 5 rings (SSSR count). The molecule has 1 atom stereocenters. The molecule has 3 aromatic carbocycles. The van der Waals surface area contributed by atoms with Crippen LogP contribution in [0.3, 0.4) is 0 Å². The summed E-state index contributed by atoms with van der Waals surface area (Å²) in [7, 11) is 0. The van der Waals surface area contributed by atoms with E-state index in [1.165, 1.54) is 12.1 Å². The summed E-state index contributed by atoms with van der Waals surface area (Å²) >= 11 is 0. The summed E-state index contributed by atoms with van der Waals surface area (Å²) in [5.41, 5.74) is 2.02. The summed E-state index contributed by atoms with van der Waals surface area (Å²) < 4.78 is 19.0. The number of likely N-dealkylation sites (tertiary alicyclic amines) is 1. The molecule has 3 aromatic rings. The van der Waals surface area contributed by atoms with Gasteiger partial charge in [0, 0.05) is 19.5 Å². The lowest BCUT2D eigenvalue weighted by Crippen LogP contribution is -2.41. The molecule has 2 heterocycles. The summed E-state index contributed by atoms with van der Waals surface area (Å²) in [6.45, 7) is 1.67. The molecule has 0 N–H and O–H groups in total. The quantitative estimate of drug-likeness (QED) is 0.579. The topological polar surface area (TPSA) is 49.9 Å². The summed E-state index contributed by atoms with van der Waals surface area (Å²) in [4.78, 5) is 29.7. The van der Waals surface area contributed by atoms with Gasteiger partial charge in [-0.3, -0.25) is 9.69 Å². The fourth-order valence-corrected chi connectivity index (χ4v) is 4.82. The van der Waals surface area contributed by atoms with Crippen molar-refractivity contribution < 1.29 is 18.7 Å². The third kappa shape index (κ3) is 4.33. The normalized spacial score (nSPS) is 20.0. The number of rotatable bonds is 5. The van der Waals surface area contributed by atoms with E-state index in [0.717, 1.165) is 16.7 Å². The summed E-state index contributed by atoms with van der Waals surface area (Å²) in [5, 5.41) is 0. The van der Waals surface area contributed by atoms with E-state index in [9.17, 15) is 14.0 Å². The van der Waals surface area contributed by atoms with Crippen molar-refractivity contribution in [1.82, 2.24) is 9.80 Å². The number of carbonyl (C=O) groups is 2. The molecule has 2 aliphatic rings. The van der Waals surface area contributed by atoms with E-state index in [1.54, 1.807) is 17.0 Å². The molecule has 0 radical (unpaired) electrons. The average molecular weight is 445 g/mol. The number of hydrogen-bond acceptors (Lipinski definition) is 3. The first kappa shape index (κ1) is 21.2. The maximum absolute atomic E-state index is 13.7. The Bertz CT molecular complexity index is 1100. The Kier molecular flexibility index (Phi) is 5.58. The van der Waals surface area contributed by atoms with Gasteiger partial charge in [-0.15, -0.1) is 0 Å². The van der Waals surface area contributed by atoms with Crippen LogP contribution in [-0.2, 0) is 16.1 Å². The molecule has 2 fully saturated rings. The lowest BCUT2D eigenvalue weighted by molar-refractivity contribution is -0.131. The van der Waals surface area contributed by atoms with Crippen LogP contribution < -0.4 is 0 Å². The maximum Gasteiger partial charge on any atom is 0.410 e. The minimum Gasteiger partial charge on any atom is -0.439 e. The number of amides is 2. The monoisotopic (exact) mass is 444 g/mol. The molecule has 5 nitrogen and oxygen atoms in total. The fourth-order valence-electron chi connectivity index (χ4n) is 4.82. The molecule has 0 bridgehead atoms. The van der Waals surface area contributed by atoms with Gasteiger partial charge in [-0.05, 0) is 28.8 Å². The SMILES string of the molecule is O=C1O[C@]2(CCN(C(=O)C(c3ccccc3)c3ccccc3)C2)CN1Cc1ccc(F)cc1. The number of halogens is 1. The first-order chi connectivity index (χ1) is 16.0. The molecule has 168 valence electrons. The van der Waals surface area contributed by atoms with Gasteiger partial charge in [0.2, 0.25) is 5.91 Å². The molecule has 33 heavy (non-hydrogen) atoms. The fraction of sp³-hybridized carbons (Fsp3) is 0.259. The van der Waals surface area contributed by atoms with Crippen molar-refractivity contribution >= 4 is 12.0 Å². The van der Waals surface area contributed by atoms with Gasteiger partial charge < -0.3 is 9.64 Å². The summed E-state index contributed by atoms with van der Waals surface area (Å²) in [6.07, 6.45) is 0.206. The Hall–Kier alpha value is -3.67. The van der Waals surface area contributed by atoms with Crippen LogP contribution in [0.15, 0.2) is 84.9 Å². The van der Waals surface area contributed by atoms with Crippen molar-refractivity contribution in [2.24, 2.45) is 0 Å². The van der Waals surface area contributed by atoms with Crippen molar-refractivity contribution in [3.8, 4) is 0 Å². The Labute approximate surface area is 192 Å². The number of carbonyl (C=O) groups excluding carboxylic acids is 2. The number of benzene rings is 3. The first-order valence-electron chi connectivity index (χ1n) is 11.1. The zero-order chi connectivity index (χ0) is 22.8. The molecular weight excluding hydrogens is 419 g/mol. The number of ether oxygens (including phenoxy) is 1. The molecule has 0 unspecified atom stereocenters. The van der Waals surface area contributed by atoms with Gasteiger partial charge in [0.1, 0.15) is 5.82 Å². The Morgan fingerprint density at radius 3 is 2.12 bits per heavy atom. The molecule has 6 heteroatoms. The van der Waals surface area contributed by atoms with Crippen molar-refractivity contribution in [2.45, 2.75) is 24.5 Å². The standard InChI is InChI=1S/C27H25FN2O3/c28-23-13-11-20(12-14-23)17-30-19-27(33-26(30)32)15-16-29(18-27)25(31)24(21-7-3-1-4-8-21)22-9-5-2-6-10-22/h1-14,24H,15-19H2/t27-/m0/s1. The second kappa shape index (κ2) is 8.70. The van der Waals surface area contributed by atoms with E-state index in [1.807, 2.05) is 65.6 Å². The number of nitrogens with zero attached hydrogens (tertiary/aromatic N) is 2. The molecule has 1 spiro atoms. The van der Waals surface area contributed by atoms with E-state index >= 15 is 0 Å². The van der Waals surface area contributed by atoms with Gasteiger partial charge >= 0.3 is 6.09 Å². The van der Waals surface area contributed by atoms with E-state index in [0.29, 0.717) is 32.6 Å². The average Bonchev–Trinajstić information content (AvgIpc) is 3.39. The van der Waals surface area contributed by atoms with Crippen LogP contribution in [0, 0.1) is 5.82 Å². The first-order valence-corrected chi connectivity index (χ1v) is 11.1. The predicted molar refractivity (Wildman–Crippen MR) is 122 cm³/mol. The van der Waals surface area contributed by atoms with Gasteiger partial charge in [-0.1, -0.05) is 72.8 Å². The maximum atomic E-state index is 13.7. The van der Waals surface area contributed by atoms with Crippen LogP contribution in [0.25, 0.3) is 0 Å². The highest BCUT2D eigenvalue weighted by Gasteiger charge is 2.51. The van der Waals surface area contributed by atoms with E-state index in [-0.39, 0.29) is 11.7 Å². The van der Waals surface area contributed by atoms with Gasteiger partial charge in [0.05, 0.1) is 19.0 Å². The molecule has 0 aliphatic carbocycles. The van der Waals surface area contributed by atoms with Crippen LogP contribution in [0.5, 0.6) is 0 Å². The van der Waals surface area contributed by atoms with Gasteiger partial charge in [-0.2, -0.15) is 0 Å². The summed E-state index contributed by atoms with van der Waals surface area (Å²) in [6, 6.07) is 25.6. The van der Waals surface area contributed by atoms with Crippen LogP contribution >= 0.6 is 0 Å².